The zero-order valence-corrected chi connectivity index (χ0v) is 23.5. The van der Waals surface area contributed by atoms with Crippen LogP contribution in [0, 0.1) is 20.8 Å². The van der Waals surface area contributed by atoms with E-state index in [1.54, 1.807) is 0 Å². The van der Waals surface area contributed by atoms with Crippen molar-refractivity contribution < 1.29 is 0 Å². The number of hydrogen-bond donors (Lipinski definition) is 0. The van der Waals surface area contributed by atoms with Crippen LogP contribution in [0.3, 0.4) is 0 Å². The number of benzene rings is 6. The fourth-order valence-corrected chi connectivity index (χ4v) is 6.63. The van der Waals surface area contributed by atoms with Gasteiger partial charge in [-0.05, 0) is 73.9 Å². The first-order chi connectivity index (χ1) is 20.1. The molecule has 0 saturated carbocycles. The van der Waals surface area contributed by atoms with E-state index in [1.165, 1.54) is 82.8 Å². The van der Waals surface area contributed by atoms with Crippen molar-refractivity contribution in [1.82, 2.24) is 9.13 Å². The summed E-state index contributed by atoms with van der Waals surface area (Å²) < 4.78 is 4.91. The molecule has 2 heterocycles. The van der Waals surface area contributed by atoms with Crippen LogP contribution in [0.5, 0.6) is 0 Å². The third-order valence-electron chi connectivity index (χ3n) is 8.49. The van der Waals surface area contributed by atoms with Gasteiger partial charge in [0.25, 0.3) is 0 Å². The normalized spacial score (nSPS) is 11.8. The van der Waals surface area contributed by atoms with E-state index < -0.39 is 0 Å². The fraction of sp³-hybridized carbons (Fsp3) is 0.0769. The summed E-state index contributed by atoms with van der Waals surface area (Å²) in [5, 5.41) is 5.12. The molecule has 2 nitrogen and oxygen atoms in total. The van der Waals surface area contributed by atoms with Gasteiger partial charge in [-0.15, -0.1) is 0 Å². The monoisotopic (exact) mass is 526 g/mol. The van der Waals surface area contributed by atoms with Gasteiger partial charge in [-0.25, -0.2) is 0 Å². The van der Waals surface area contributed by atoms with Crippen LogP contribution in [0.15, 0.2) is 127 Å². The van der Waals surface area contributed by atoms with Gasteiger partial charge in [-0.3, -0.25) is 0 Å². The van der Waals surface area contributed by atoms with Crippen LogP contribution in [-0.4, -0.2) is 9.13 Å². The molecule has 41 heavy (non-hydrogen) atoms. The first kappa shape index (κ1) is 23.8. The molecule has 0 amide bonds. The van der Waals surface area contributed by atoms with Crippen molar-refractivity contribution in [2.45, 2.75) is 20.8 Å². The minimum Gasteiger partial charge on any atom is -0.309 e. The van der Waals surface area contributed by atoms with Crippen LogP contribution in [-0.2, 0) is 0 Å². The number of nitrogens with zero attached hydrogens (tertiary/aromatic N) is 2. The van der Waals surface area contributed by atoms with E-state index in [2.05, 4.69) is 157 Å². The summed E-state index contributed by atoms with van der Waals surface area (Å²) in [6, 6.07) is 46.9. The predicted molar refractivity (Wildman–Crippen MR) is 175 cm³/mol. The van der Waals surface area contributed by atoms with E-state index in [4.69, 9.17) is 0 Å². The molecule has 196 valence electrons. The Kier molecular flexibility index (Phi) is 5.20. The highest BCUT2D eigenvalue weighted by atomic mass is 15.0. The minimum atomic E-state index is 1.19. The zero-order valence-electron chi connectivity index (χ0n) is 23.5. The summed E-state index contributed by atoms with van der Waals surface area (Å²) in [6.45, 7) is 6.53. The lowest BCUT2D eigenvalue weighted by atomic mass is 10.0. The number of aryl methyl sites for hydroxylation is 3. The Hall–Kier alpha value is -5.08. The predicted octanol–water partition coefficient (Wildman–Crippen LogP) is 10.5. The number of aromatic nitrogens is 2. The Morgan fingerprint density at radius 2 is 0.707 bits per heavy atom. The third-order valence-corrected chi connectivity index (χ3v) is 8.49. The summed E-state index contributed by atoms with van der Waals surface area (Å²) in [4.78, 5) is 0. The molecule has 0 bridgehead atoms. The summed E-state index contributed by atoms with van der Waals surface area (Å²) in [5.41, 5.74) is 13.5. The number of para-hydroxylation sites is 3. The smallest absolute Gasteiger partial charge is 0.0543 e. The largest absolute Gasteiger partial charge is 0.309 e. The van der Waals surface area contributed by atoms with Gasteiger partial charge in [0.05, 0.1) is 33.4 Å². The lowest BCUT2D eigenvalue weighted by Gasteiger charge is -2.18. The van der Waals surface area contributed by atoms with E-state index in [0.717, 1.165) is 0 Å². The van der Waals surface area contributed by atoms with Gasteiger partial charge in [0.2, 0.25) is 0 Å². The molecule has 0 aliphatic carbocycles. The lowest BCUT2D eigenvalue weighted by Crippen LogP contribution is -2.01. The first-order valence-electron chi connectivity index (χ1n) is 14.3. The summed E-state index contributed by atoms with van der Waals surface area (Å²) >= 11 is 0. The van der Waals surface area contributed by atoms with Crippen molar-refractivity contribution in [2.24, 2.45) is 0 Å². The van der Waals surface area contributed by atoms with Crippen molar-refractivity contribution in [3.63, 3.8) is 0 Å². The zero-order chi connectivity index (χ0) is 27.7. The van der Waals surface area contributed by atoms with Gasteiger partial charge in [0, 0.05) is 32.7 Å². The second-order valence-electron chi connectivity index (χ2n) is 11.3. The molecule has 0 aliphatic heterocycles. The van der Waals surface area contributed by atoms with E-state index in [-0.39, 0.29) is 0 Å². The molecule has 0 radical (unpaired) electrons. The highest BCUT2D eigenvalue weighted by molar-refractivity contribution is 6.11. The minimum absolute atomic E-state index is 1.19. The molecule has 0 aliphatic rings. The molecular weight excluding hydrogens is 496 g/mol. The Labute approximate surface area is 239 Å². The van der Waals surface area contributed by atoms with Crippen molar-refractivity contribution in [3.8, 4) is 22.5 Å². The molecule has 0 N–H and O–H groups in total. The number of rotatable bonds is 3. The highest BCUT2D eigenvalue weighted by Crippen LogP contribution is 2.40. The molecular formula is C39H30N2. The molecule has 0 unspecified atom stereocenters. The molecule has 2 heteroatoms. The first-order valence-corrected chi connectivity index (χ1v) is 14.3. The SMILES string of the molecule is Cc1ccc2c3ccccc3n(-c3ccccc3-c3ccccc3-n3c4cc(C)ccc4c4ccc(C)cc43)c2c1. The Morgan fingerprint density at radius 1 is 0.341 bits per heavy atom. The summed E-state index contributed by atoms with van der Waals surface area (Å²) in [5.74, 6) is 0. The Balaban J connectivity index is 1.48. The third kappa shape index (κ3) is 3.57. The maximum Gasteiger partial charge on any atom is 0.0543 e. The molecule has 6 aromatic carbocycles. The van der Waals surface area contributed by atoms with Crippen molar-refractivity contribution in [1.29, 1.82) is 0 Å². The van der Waals surface area contributed by atoms with Crippen LogP contribution in [0.4, 0.5) is 0 Å². The van der Waals surface area contributed by atoms with E-state index in [0.29, 0.717) is 0 Å². The van der Waals surface area contributed by atoms with Crippen LogP contribution in [0.2, 0.25) is 0 Å². The fourth-order valence-electron chi connectivity index (χ4n) is 6.63. The Morgan fingerprint density at radius 3 is 1.20 bits per heavy atom. The Bertz CT molecular complexity index is 2230. The van der Waals surface area contributed by atoms with E-state index in [9.17, 15) is 0 Å². The van der Waals surface area contributed by atoms with Crippen LogP contribution in [0.25, 0.3) is 66.1 Å². The van der Waals surface area contributed by atoms with Crippen molar-refractivity contribution in [3.05, 3.63) is 144 Å². The average Bonchev–Trinajstić information content (AvgIpc) is 3.48. The van der Waals surface area contributed by atoms with Gasteiger partial charge in [-0.2, -0.15) is 0 Å². The van der Waals surface area contributed by atoms with E-state index in [1.807, 2.05) is 0 Å². The highest BCUT2D eigenvalue weighted by Gasteiger charge is 2.20. The van der Waals surface area contributed by atoms with Crippen LogP contribution < -0.4 is 0 Å². The molecule has 8 aromatic rings. The molecule has 0 spiro atoms. The van der Waals surface area contributed by atoms with Crippen molar-refractivity contribution >= 4 is 43.6 Å². The second-order valence-corrected chi connectivity index (χ2v) is 11.3. The molecule has 8 rings (SSSR count). The molecule has 0 saturated heterocycles. The standard InChI is InChI=1S/C39H30N2/c1-25-16-19-31-30-12-6-8-14-35(30)40(37(31)22-25)34-13-7-4-10-28(34)29-11-5-9-15-36(29)41-38-23-26(2)17-20-32(38)33-21-18-27(3)24-39(33)41/h4-24H,1-3H3. The maximum atomic E-state index is 2.47. The number of hydrogen-bond acceptors (Lipinski definition) is 0. The average molecular weight is 527 g/mol. The summed E-state index contributed by atoms with van der Waals surface area (Å²) in [6.07, 6.45) is 0. The van der Waals surface area contributed by atoms with E-state index >= 15 is 0 Å². The quantitative estimate of drug-likeness (QED) is 0.217. The van der Waals surface area contributed by atoms with Crippen LogP contribution >= 0.6 is 0 Å². The van der Waals surface area contributed by atoms with Gasteiger partial charge in [0.1, 0.15) is 0 Å². The van der Waals surface area contributed by atoms with Gasteiger partial charge in [-0.1, -0.05) is 91.0 Å². The molecule has 0 fully saturated rings. The van der Waals surface area contributed by atoms with Gasteiger partial charge >= 0.3 is 0 Å². The maximum absolute atomic E-state index is 2.47. The van der Waals surface area contributed by atoms with Crippen molar-refractivity contribution in [2.75, 3.05) is 0 Å². The lowest BCUT2D eigenvalue weighted by molar-refractivity contribution is 1.16. The number of fused-ring (bicyclic) bond motifs is 6. The molecule has 0 atom stereocenters. The summed E-state index contributed by atoms with van der Waals surface area (Å²) in [7, 11) is 0. The second kappa shape index (κ2) is 8.97. The van der Waals surface area contributed by atoms with Gasteiger partial charge in [0.15, 0.2) is 0 Å². The molecule has 2 aromatic heterocycles. The topological polar surface area (TPSA) is 9.86 Å². The van der Waals surface area contributed by atoms with Gasteiger partial charge < -0.3 is 9.13 Å². The van der Waals surface area contributed by atoms with Crippen LogP contribution in [0.1, 0.15) is 16.7 Å².